The minimum absolute atomic E-state index is 0.00348. The van der Waals surface area contributed by atoms with Crippen molar-refractivity contribution in [1.29, 1.82) is 0 Å². The highest BCUT2D eigenvalue weighted by Crippen LogP contribution is 2.70. The van der Waals surface area contributed by atoms with Gasteiger partial charge in [-0.15, -0.1) is 0 Å². The highest BCUT2D eigenvalue weighted by molar-refractivity contribution is 6.42. The van der Waals surface area contributed by atoms with E-state index in [0.717, 1.165) is 11.1 Å². The highest BCUT2D eigenvalue weighted by Gasteiger charge is 2.71. The average molecular weight is 635 g/mol. The molecule has 3 unspecified atom stereocenters. The molecule has 2 fully saturated rings. The van der Waals surface area contributed by atoms with Gasteiger partial charge in [-0.25, -0.2) is 17.6 Å². The van der Waals surface area contributed by atoms with Crippen LogP contribution in [-0.4, -0.2) is 36.5 Å². The minimum atomic E-state index is -5.70. The minimum Gasteiger partial charge on any atom is -0.497 e. The number of methoxy groups -OCH3 is 1. The molecule has 3 aromatic rings. The van der Waals surface area contributed by atoms with Crippen molar-refractivity contribution in [2.45, 2.75) is 36.9 Å². The molecule has 13 heteroatoms. The van der Waals surface area contributed by atoms with Crippen molar-refractivity contribution in [3.63, 3.8) is 0 Å². The van der Waals surface area contributed by atoms with E-state index in [2.05, 4.69) is 0 Å². The summed E-state index contributed by atoms with van der Waals surface area (Å²) in [5.41, 5.74) is -4.56. The first-order valence-electron chi connectivity index (χ1n) is 12.6. The zero-order valence-corrected chi connectivity index (χ0v) is 23.8. The van der Waals surface area contributed by atoms with Crippen molar-refractivity contribution in [1.82, 2.24) is 4.90 Å². The lowest BCUT2D eigenvalue weighted by molar-refractivity contribution is -0.143. The van der Waals surface area contributed by atoms with E-state index in [9.17, 15) is 35.5 Å². The predicted octanol–water partition coefficient (Wildman–Crippen LogP) is 7.96. The van der Waals surface area contributed by atoms with Crippen LogP contribution in [0.4, 0.5) is 36.4 Å². The third-order valence-electron chi connectivity index (χ3n) is 8.44. The van der Waals surface area contributed by atoms with Crippen LogP contribution in [0.25, 0.3) is 0 Å². The maximum Gasteiger partial charge on any atom is 0.422 e. The Morgan fingerprint density at radius 1 is 0.952 bits per heavy atom. The number of rotatable bonds is 6. The summed E-state index contributed by atoms with van der Waals surface area (Å²) in [4.78, 5) is 15.0. The Morgan fingerprint density at radius 3 is 2.07 bits per heavy atom. The molecule has 0 spiro atoms. The second kappa shape index (κ2) is 10.3. The van der Waals surface area contributed by atoms with E-state index in [1.54, 1.807) is 29.5 Å². The van der Waals surface area contributed by atoms with Gasteiger partial charge in [-0.3, -0.25) is 9.69 Å². The number of anilines is 1. The number of alkyl halides is 3. The smallest absolute Gasteiger partial charge is 0.422 e. The Labute approximate surface area is 246 Å². The Kier molecular flexibility index (Phi) is 7.47. The van der Waals surface area contributed by atoms with E-state index in [1.165, 1.54) is 13.8 Å². The van der Waals surface area contributed by atoms with Gasteiger partial charge in [0.1, 0.15) is 17.0 Å². The molecule has 3 atom stereocenters. The first-order valence-corrected chi connectivity index (χ1v) is 13.4. The lowest BCUT2D eigenvalue weighted by Crippen LogP contribution is -2.53. The molecule has 224 valence electrons. The van der Waals surface area contributed by atoms with E-state index >= 15 is 0 Å². The molecule has 1 amide bonds. The monoisotopic (exact) mass is 634 g/mol. The molecule has 1 saturated heterocycles. The fourth-order valence-electron chi connectivity index (χ4n) is 6.06. The number of ether oxygens (including phenoxy) is 1. The first-order chi connectivity index (χ1) is 19.5. The number of likely N-dealkylation sites (tertiary alicyclic amines) is 1. The third-order valence-corrected chi connectivity index (χ3v) is 9.18. The SMILES string of the molecule is COc1ccc(C2C3CN(C(C)(C)C(=O)Nc4c(F)c(F)c(C(F)(F)F)c(F)c4F)CC32c2ccc(Cl)c(Cl)c2)cc1. The van der Waals surface area contributed by atoms with Crippen molar-refractivity contribution in [2.75, 3.05) is 25.5 Å². The fourth-order valence-corrected chi connectivity index (χ4v) is 6.36. The molecule has 4 nitrogen and oxygen atoms in total. The zero-order chi connectivity index (χ0) is 30.9. The van der Waals surface area contributed by atoms with Gasteiger partial charge in [0.2, 0.25) is 5.91 Å². The van der Waals surface area contributed by atoms with Crippen LogP contribution in [-0.2, 0) is 16.4 Å². The van der Waals surface area contributed by atoms with Gasteiger partial charge >= 0.3 is 6.18 Å². The van der Waals surface area contributed by atoms with E-state index in [1.807, 2.05) is 30.3 Å². The van der Waals surface area contributed by atoms with Crippen LogP contribution in [0.15, 0.2) is 42.5 Å². The molecule has 2 aliphatic rings. The molecule has 1 aliphatic heterocycles. The number of fused-ring (bicyclic) bond motifs is 1. The highest BCUT2D eigenvalue weighted by atomic mass is 35.5. The van der Waals surface area contributed by atoms with Gasteiger partial charge < -0.3 is 10.1 Å². The molecule has 42 heavy (non-hydrogen) atoms. The van der Waals surface area contributed by atoms with E-state index < -0.39 is 57.6 Å². The number of hydrogen-bond acceptors (Lipinski definition) is 3. The van der Waals surface area contributed by atoms with Crippen molar-refractivity contribution in [3.8, 4) is 5.75 Å². The van der Waals surface area contributed by atoms with Crippen LogP contribution in [0.2, 0.25) is 10.0 Å². The molecule has 1 N–H and O–H groups in total. The normalized spacial score (nSPS) is 22.2. The summed E-state index contributed by atoms with van der Waals surface area (Å²) in [6.07, 6.45) is -5.70. The fraction of sp³-hybridized carbons (Fsp3) is 0.345. The van der Waals surface area contributed by atoms with Gasteiger partial charge in [0.05, 0.1) is 22.7 Å². The van der Waals surface area contributed by atoms with Crippen molar-refractivity contribution < 1.29 is 40.3 Å². The van der Waals surface area contributed by atoms with Crippen molar-refractivity contribution in [2.24, 2.45) is 5.92 Å². The Hall–Kier alpha value is -3.02. The quantitative estimate of drug-likeness (QED) is 0.221. The molecule has 1 saturated carbocycles. The number of hydrogen-bond donors (Lipinski definition) is 1. The number of benzene rings is 3. The summed E-state index contributed by atoms with van der Waals surface area (Å²) in [5.74, 6) is -10.5. The van der Waals surface area contributed by atoms with E-state index in [4.69, 9.17) is 27.9 Å². The second-order valence-corrected chi connectivity index (χ2v) is 11.7. The van der Waals surface area contributed by atoms with Crippen molar-refractivity contribution in [3.05, 3.63) is 92.5 Å². The Bertz CT molecular complexity index is 1550. The number of nitrogens with one attached hydrogen (secondary N) is 1. The summed E-state index contributed by atoms with van der Waals surface area (Å²) >= 11 is 12.5. The summed E-state index contributed by atoms with van der Waals surface area (Å²) in [5, 5.41) is 2.46. The molecule has 0 bridgehead atoms. The van der Waals surface area contributed by atoms with Crippen LogP contribution in [0.1, 0.15) is 36.5 Å². The first kappa shape index (κ1) is 30.4. The van der Waals surface area contributed by atoms with Gasteiger partial charge in [-0.1, -0.05) is 41.4 Å². The largest absolute Gasteiger partial charge is 0.497 e. The topological polar surface area (TPSA) is 41.6 Å². The van der Waals surface area contributed by atoms with Crippen LogP contribution in [0.3, 0.4) is 0 Å². The third kappa shape index (κ3) is 4.69. The van der Waals surface area contributed by atoms with Crippen LogP contribution < -0.4 is 10.1 Å². The lowest BCUT2D eigenvalue weighted by Gasteiger charge is -2.37. The van der Waals surface area contributed by atoms with Gasteiger partial charge in [0.25, 0.3) is 0 Å². The van der Waals surface area contributed by atoms with Crippen molar-refractivity contribution >= 4 is 34.8 Å². The maximum absolute atomic E-state index is 14.5. The number of carbonyl (C=O) groups excluding carboxylic acids is 1. The van der Waals surface area contributed by atoms with Gasteiger partial charge in [0, 0.05) is 24.4 Å². The summed E-state index contributed by atoms with van der Waals surface area (Å²) < 4.78 is 102. The standard InChI is InChI=1S/C29H23Cl2F7N2O2/c1-27(2,26(41)39-25-23(34)21(32)20(29(36,37)38)22(33)24(25)35)40-11-16-19(13-4-7-15(42-3)8-5-13)28(16,12-40)14-6-9-17(30)18(31)10-14/h4-10,16,19H,11-12H2,1-3H3,(H,39,41). The van der Waals surface area contributed by atoms with Crippen LogP contribution in [0.5, 0.6) is 5.75 Å². The van der Waals surface area contributed by atoms with Crippen LogP contribution >= 0.6 is 23.2 Å². The van der Waals surface area contributed by atoms with Gasteiger partial charge in [-0.2, -0.15) is 13.2 Å². The molecule has 1 heterocycles. The van der Waals surface area contributed by atoms with E-state index in [0.29, 0.717) is 22.3 Å². The molecule has 0 radical (unpaired) electrons. The maximum atomic E-state index is 14.5. The molecular weight excluding hydrogens is 612 g/mol. The molecule has 5 rings (SSSR count). The Balaban J connectivity index is 1.46. The van der Waals surface area contributed by atoms with E-state index in [-0.39, 0.29) is 18.4 Å². The number of nitrogens with zero attached hydrogens (tertiary/aromatic N) is 1. The Morgan fingerprint density at radius 2 is 1.55 bits per heavy atom. The summed E-state index contributed by atoms with van der Waals surface area (Å²) in [7, 11) is 1.55. The lowest BCUT2D eigenvalue weighted by atomic mass is 9.89. The number of carbonyl (C=O) groups is 1. The van der Waals surface area contributed by atoms with Crippen LogP contribution in [0, 0.1) is 29.2 Å². The number of piperidine rings is 1. The average Bonchev–Trinajstić information content (AvgIpc) is 3.38. The molecular formula is C29H23Cl2F7N2O2. The second-order valence-electron chi connectivity index (χ2n) is 10.9. The van der Waals surface area contributed by atoms with Gasteiger partial charge in [0.15, 0.2) is 23.3 Å². The molecule has 1 aliphatic carbocycles. The summed E-state index contributed by atoms with van der Waals surface area (Å²) in [6.45, 7) is 3.47. The number of amides is 1. The number of halogens is 9. The molecule has 3 aromatic carbocycles. The zero-order valence-electron chi connectivity index (χ0n) is 22.3. The predicted molar refractivity (Wildman–Crippen MR) is 143 cm³/mol. The summed E-state index contributed by atoms with van der Waals surface area (Å²) in [6, 6.07) is 12.8. The van der Waals surface area contributed by atoms with Gasteiger partial charge in [-0.05, 0) is 55.2 Å². The molecule has 0 aromatic heterocycles.